The van der Waals surface area contributed by atoms with Crippen molar-refractivity contribution in [1.82, 2.24) is 10.3 Å². The van der Waals surface area contributed by atoms with Gasteiger partial charge in [0.2, 0.25) is 0 Å². The predicted molar refractivity (Wildman–Crippen MR) is 76.5 cm³/mol. The first-order valence-corrected chi connectivity index (χ1v) is 7.28. The van der Waals surface area contributed by atoms with E-state index in [0.717, 1.165) is 38.0 Å². The zero-order valence-corrected chi connectivity index (χ0v) is 11.9. The van der Waals surface area contributed by atoms with E-state index in [-0.39, 0.29) is 0 Å². The van der Waals surface area contributed by atoms with Gasteiger partial charge in [-0.05, 0) is 32.8 Å². The number of rotatable bonds is 4. The van der Waals surface area contributed by atoms with E-state index in [1.807, 2.05) is 6.20 Å². The molecule has 0 bridgehead atoms. The maximum Gasteiger partial charge on any atom is 0.0722 e. The van der Waals surface area contributed by atoms with Crippen molar-refractivity contribution in [2.45, 2.75) is 45.4 Å². The molecule has 1 aromatic heterocycles. The molecule has 2 heterocycles. The van der Waals surface area contributed by atoms with E-state index in [9.17, 15) is 0 Å². The van der Waals surface area contributed by atoms with Crippen molar-refractivity contribution in [3.8, 4) is 0 Å². The molecule has 1 saturated carbocycles. The molecule has 1 aliphatic heterocycles. The number of morpholine rings is 1. The molecular weight excluding hydrogens is 238 g/mol. The van der Waals surface area contributed by atoms with E-state index in [0.29, 0.717) is 6.10 Å². The molecule has 2 fully saturated rings. The minimum absolute atomic E-state index is 0.312. The van der Waals surface area contributed by atoms with E-state index in [1.54, 1.807) is 0 Å². The molecule has 4 nitrogen and oxygen atoms in total. The standard InChI is InChI=1S/C15H23N3O/c1-11-7-15(18-5-6-19-12(2)10-18)13(8-16-11)9-17-14-3-4-14/h7-8,12,14,17H,3-6,9-10H2,1-2H3. The first-order chi connectivity index (χ1) is 9.22. The lowest BCUT2D eigenvalue weighted by molar-refractivity contribution is 0.0531. The quantitative estimate of drug-likeness (QED) is 0.898. The molecule has 2 aliphatic rings. The Kier molecular flexibility index (Phi) is 3.71. The van der Waals surface area contributed by atoms with Crippen LogP contribution in [0.4, 0.5) is 5.69 Å². The average Bonchev–Trinajstić information content (AvgIpc) is 3.21. The minimum atomic E-state index is 0.312. The lowest BCUT2D eigenvalue weighted by atomic mass is 10.1. The monoisotopic (exact) mass is 261 g/mol. The Hall–Kier alpha value is -1.13. The van der Waals surface area contributed by atoms with Crippen molar-refractivity contribution in [2.24, 2.45) is 0 Å². The Morgan fingerprint density at radius 3 is 3.05 bits per heavy atom. The molecule has 1 aromatic rings. The van der Waals surface area contributed by atoms with Gasteiger partial charge in [0.05, 0.1) is 12.7 Å². The van der Waals surface area contributed by atoms with Gasteiger partial charge in [0.25, 0.3) is 0 Å². The maximum absolute atomic E-state index is 5.63. The summed E-state index contributed by atoms with van der Waals surface area (Å²) >= 11 is 0. The van der Waals surface area contributed by atoms with Gasteiger partial charge >= 0.3 is 0 Å². The van der Waals surface area contributed by atoms with Gasteiger partial charge in [-0.15, -0.1) is 0 Å². The fourth-order valence-electron chi connectivity index (χ4n) is 2.58. The van der Waals surface area contributed by atoms with E-state index >= 15 is 0 Å². The molecule has 104 valence electrons. The summed E-state index contributed by atoms with van der Waals surface area (Å²) in [5.41, 5.74) is 3.73. The number of pyridine rings is 1. The summed E-state index contributed by atoms with van der Waals surface area (Å²) in [6.45, 7) is 7.90. The second kappa shape index (κ2) is 5.47. The summed E-state index contributed by atoms with van der Waals surface area (Å²) in [6, 6.07) is 2.94. The average molecular weight is 261 g/mol. The highest BCUT2D eigenvalue weighted by Gasteiger charge is 2.23. The predicted octanol–water partition coefficient (Wildman–Crippen LogP) is 1.87. The Balaban J connectivity index is 1.77. The van der Waals surface area contributed by atoms with Crippen molar-refractivity contribution in [3.05, 3.63) is 23.5 Å². The first kappa shape index (κ1) is 12.9. The van der Waals surface area contributed by atoms with Crippen molar-refractivity contribution < 1.29 is 4.74 Å². The van der Waals surface area contributed by atoms with Gasteiger partial charge in [0, 0.05) is 48.8 Å². The smallest absolute Gasteiger partial charge is 0.0722 e. The van der Waals surface area contributed by atoms with Crippen LogP contribution >= 0.6 is 0 Å². The zero-order valence-electron chi connectivity index (χ0n) is 11.9. The second-order valence-electron chi connectivity index (χ2n) is 5.74. The van der Waals surface area contributed by atoms with Gasteiger partial charge in [-0.2, -0.15) is 0 Å². The highest BCUT2D eigenvalue weighted by Crippen LogP contribution is 2.25. The molecule has 0 radical (unpaired) electrons. The number of nitrogens with zero attached hydrogens (tertiary/aromatic N) is 2. The van der Waals surface area contributed by atoms with Gasteiger partial charge in [0.15, 0.2) is 0 Å². The number of hydrogen-bond acceptors (Lipinski definition) is 4. The summed E-state index contributed by atoms with van der Waals surface area (Å²) in [5, 5.41) is 3.59. The third-order valence-corrected chi connectivity index (χ3v) is 3.84. The molecule has 4 heteroatoms. The van der Waals surface area contributed by atoms with Crippen LogP contribution in [0.15, 0.2) is 12.3 Å². The molecule has 1 atom stereocenters. The summed E-state index contributed by atoms with van der Waals surface area (Å²) < 4.78 is 5.63. The van der Waals surface area contributed by atoms with Crippen LogP contribution < -0.4 is 10.2 Å². The highest BCUT2D eigenvalue weighted by atomic mass is 16.5. The van der Waals surface area contributed by atoms with Gasteiger partial charge < -0.3 is 15.0 Å². The zero-order chi connectivity index (χ0) is 13.2. The van der Waals surface area contributed by atoms with Gasteiger partial charge in [-0.3, -0.25) is 4.98 Å². The molecule has 19 heavy (non-hydrogen) atoms. The molecule has 0 spiro atoms. The summed E-state index contributed by atoms with van der Waals surface area (Å²) in [5.74, 6) is 0. The van der Waals surface area contributed by atoms with E-state index in [1.165, 1.54) is 24.1 Å². The number of ether oxygens (including phenoxy) is 1. The molecular formula is C15H23N3O. The Morgan fingerprint density at radius 2 is 2.32 bits per heavy atom. The molecule has 0 aromatic carbocycles. The third kappa shape index (κ3) is 3.25. The van der Waals surface area contributed by atoms with E-state index in [2.05, 4.69) is 35.1 Å². The number of nitrogens with one attached hydrogen (secondary N) is 1. The van der Waals surface area contributed by atoms with Crippen LogP contribution in [-0.4, -0.2) is 36.8 Å². The fraction of sp³-hybridized carbons (Fsp3) is 0.667. The molecule has 1 N–H and O–H groups in total. The number of anilines is 1. The van der Waals surface area contributed by atoms with Gasteiger partial charge in [0.1, 0.15) is 0 Å². The number of aryl methyl sites for hydroxylation is 1. The van der Waals surface area contributed by atoms with Gasteiger partial charge in [-0.25, -0.2) is 0 Å². The SMILES string of the molecule is Cc1cc(N2CCOC(C)C2)c(CNC2CC2)cn1. The second-order valence-corrected chi connectivity index (χ2v) is 5.74. The van der Waals surface area contributed by atoms with Crippen LogP contribution in [0.2, 0.25) is 0 Å². The molecule has 1 aliphatic carbocycles. The minimum Gasteiger partial charge on any atom is -0.375 e. The topological polar surface area (TPSA) is 37.4 Å². The summed E-state index contributed by atoms with van der Waals surface area (Å²) in [7, 11) is 0. The van der Waals surface area contributed by atoms with Crippen molar-refractivity contribution in [2.75, 3.05) is 24.6 Å². The molecule has 0 amide bonds. The van der Waals surface area contributed by atoms with Crippen LogP contribution in [0.1, 0.15) is 31.0 Å². The first-order valence-electron chi connectivity index (χ1n) is 7.28. The van der Waals surface area contributed by atoms with E-state index in [4.69, 9.17) is 4.74 Å². The maximum atomic E-state index is 5.63. The van der Waals surface area contributed by atoms with Crippen molar-refractivity contribution in [1.29, 1.82) is 0 Å². The Bertz CT molecular complexity index is 445. The van der Waals surface area contributed by atoms with Crippen LogP contribution in [0.3, 0.4) is 0 Å². The summed E-state index contributed by atoms with van der Waals surface area (Å²) in [6.07, 6.45) is 4.98. The molecule has 1 unspecified atom stereocenters. The Labute approximate surface area is 115 Å². The van der Waals surface area contributed by atoms with Crippen LogP contribution in [-0.2, 0) is 11.3 Å². The van der Waals surface area contributed by atoms with Crippen LogP contribution in [0, 0.1) is 6.92 Å². The largest absolute Gasteiger partial charge is 0.375 e. The Morgan fingerprint density at radius 1 is 1.47 bits per heavy atom. The van der Waals surface area contributed by atoms with Gasteiger partial charge in [-0.1, -0.05) is 0 Å². The molecule has 1 saturated heterocycles. The van der Waals surface area contributed by atoms with Crippen LogP contribution in [0.5, 0.6) is 0 Å². The number of aromatic nitrogens is 1. The van der Waals surface area contributed by atoms with Crippen LogP contribution in [0.25, 0.3) is 0 Å². The molecule has 3 rings (SSSR count). The fourth-order valence-corrected chi connectivity index (χ4v) is 2.58. The van der Waals surface area contributed by atoms with Crippen molar-refractivity contribution in [3.63, 3.8) is 0 Å². The van der Waals surface area contributed by atoms with E-state index < -0.39 is 0 Å². The summed E-state index contributed by atoms with van der Waals surface area (Å²) in [4.78, 5) is 6.89. The van der Waals surface area contributed by atoms with Crippen molar-refractivity contribution >= 4 is 5.69 Å². The lowest BCUT2D eigenvalue weighted by Crippen LogP contribution is -2.41. The normalized spacial score (nSPS) is 23.7. The number of hydrogen-bond donors (Lipinski definition) is 1. The highest BCUT2D eigenvalue weighted by molar-refractivity contribution is 5.54. The third-order valence-electron chi connectivity index (χ3n) is 3.84. The lowest BCUT2D eigenvalue weighted by Gasteiger charge is -2.34.